The van der Waals surface area contributed by atoms with Crippen LogP contribution in [0.25, 0.3) is 10.8 Å². The summed E-state index contributed by atoms with van der Waals surface area (Å²) >= 11 is 5.73. The van der Waals surface area contributed by atoms with Gasteiger partial charge in [0.2, 0.25) is 0 Å². The summed E-state index contributed by atoms with van der Waals surface area (Å²) in [6, 6.07) is 19.0. The van der Waals surface area contributed by atoms with Crippen molar-refractivity contribution in [3.63, 3.8) is 0 Å². The third-order valence-electron chi connectivity index (χ3n) is 6.24. The van der Waals surface area contributed by atoms with Crippen molar-refractivity contribution in [2.45, 2.75) is 45.4 Å². The van der Waals surface area contributed by atoms with Crippen molar-refractivity contribution in [1.29, 1.82) is 0 Å². The van der Waals surface area contributed by atoms with E-state index in [4.69, 9.17) is 16.3 Å². The molecular formula is C30H28ClF3O. The Kier molecular flexibility index (Phi) is 8.35. The highest BCUT2D eigenvalue weighted by atomic mass is 35.5. The van der Waals surface area contributed by atoms with Crippen LogP contribution in [-0.4, -0.2) is 6.61 Å². The van der Waals surface area contributed by atoms with Gasteiger partial charge in [-0.2, -0.15) is 0 Å². The highest BCUT2D eigenvalue weighted by Crippen LogP contribution is 2.25. The van der Waals surface area contributed by atoms with Crippen molar-refractivity contribution in [1.82, 2.24) is 0 Å². The van der Waals surface area contributed by atoms with Crippen molar-refractivity contribution in [2.75, 3.05) is 6.61 Å². The predicted octanol–water partition coefficient (Wildman–Crippen LogP) is 8.66. The van der Waals surface area contributed by atoms with E-state index in [0.717, 1.165) is 29.4 Å². The minimum Gasteiger partial charge on any atom is -0.493 e. The summed E-state index contributed by atoms with van der Waals surface area (Å²) in [5.74, 6) is -0.436. The number of hydrogen-bond acceptors (Lipinski definition) is 1. The SMILES string of the molecule is CCCCOc1ccc(CCc2ccc3c(F)c(CCc4ccc(Cl)c(F)c4)ccc3c2)c(F)c1. The fraction of sp³-hybridized carbons (Fsp3) is 0.267. The van der Waals surface area contributed by atoms with Gasteiger partial charge < -0.3 is 4.74 Å². The molecular weight excluding hydrogens is 469 g/mol. The van der Waals surface area contributed by atoms with Crippen LogP contribution >= 0.6 is 11.6 Å². The third-order valence-corrected chi connectivity index (χ3v) is 6.55. The summed E-state index contributed by atoms with van der Waals surface area (Å²) in [5, 5.41) is 1.44. The number of unbranched alkanes of at least 4 members (excludes halogenated alkanes) is 1. The van der Waals surface area contributed by atoms with Crippen molar-refractivity contribution in [3.8, 4) is 5.75 Å². The number of hydrogen-bond donors (Lipinski definition) is 0. The van der Waals surface area contributed by atoms with E-state index in [1.807, 2.05) is 24.3 Å². The largest absolute Gasteiger partial charge is 0.493 e. The molecule has 182 valence electrons. The molecule has 35 heavy (non-hydrogen) atoms. The van der Waals surface area contributed by atoms with Gasteiger partial charge in [0.25, 0.3) is 0 Å². The summed E-state index contributed by atoms with van der Waals surface area (Å²) in [4.78, 5) is 0. The Morgan fingerprint density at radius 2 is 1.43 bits per heavy atom. The van der Waals surface area contributed by atoms with E-state index in [9.17, 15) is 8.78 Å². The minimum atomic E-state index is -0.466. The fourth-order valence-corrected chi connectivity index (χ4v) is 4.26. The molecule has 0 atom stereocenters. The number of fused-ring (bicyclic) bond motifs is 1. The summed E-state index contributed by atoms with van der Waals surface area (Å²) in [7, 11) is 0. The zero-order chi connectivity index (χ0) is 24.8. The normalized spacial score (nSPS) is 11.2. The maximum absolute atomic E-state index is 15.1. The quantitative estimate of drug-likeness (QED) is 0.199. The van der Waals surface area contributed by atoms with Gasteiger partial charge in [0.15, 0.2) is 0 Å². The number of aryl methyl sites for hydroxylation is 4. The van der Waals surface area contributed by atoms with E-state index in [2.05, 4.69) is 6.92 Å². The molecule has 0 N–H and O–H groups in total. The lowest BCUT2D eigenvalue weighted by Crippen LogP contribution is -2.00. The standard InChI is InChI=1S/C30H28ClF3O/c1-2-3-16-35-25-13-12-22(28(32)19-25)8-4-20-6-14-26-24(17-20)11-10-23(30(26)34)9-5-21-7-15-27(31)29(33)18-21/h6-7,10-15,17-19H,2-5,8-9,16H2,1H3. The van der Waals surface area contributed by atoms with Gasteiger partial charge in [0.1, 0.15) is 23.2 Å². The maximum atomic E-state index is 15.1. The molecule has 0 heterocycles. The van der Waals surface area contributed by atoms with Gasteiger partial charge in [-0.25, -0.2) is 13.2 Å². The van der Waals surface area contributed by atoms with Crippen LogP contribution in [0.2, 0.25) is 5.02 Å². The molecule has 0 aliphatic heterocycles. The van der Waals surface area contributed by atoms with Gasteiger partial charge in [-0.3, -0.25) is 0 Å². The molecule has 0 bridgehead atoms. The number of ether oxygens (including phenoxy) is 1. The molecule has 0 saturated carbocycles. The summed E-state index contributed by atoms with van der Waals surface area (Å²) < 4.78 is 48.9. The Hall–Kier alpha value is -2.98. The van der Waals surface area contributed by atoms with E-state index < -0.39 is 5.82 Å². The van der Waals surface area contributed by atoms with Crippen LogP contribution in [0, 0.1) is 17.5 Å². The van der Waals surface area contributed by atoms with Crippen molar-refractivity contribution < 1.29 is 17.9 Å². The lowest BCUT2D eigenvalue weighted by Gasteiger charge is -2.10. The van der Waals surface area contributed by atoms with Crippen molar-refractivity contribution in [3.05, 3.63) is 111 Å². The van der Waals surface area contributed by atoms with Crippen LogP contribution in [0.1, 0.15) is 42.0 Å². The first kappa shape index (κ1) is 25.1. The highest BCUT2D eigenvalue weighted by molar-refractivity contribution is 6.30. The maximum Gasteiger partial charge on any atom is 0.142 e. The molecule has 0 aliphatic carbocycles. The van der Waals surface area contributed by atoms with E-state index in [0.29, 0.717) is 54.6 Å². The van der Waals surface area contributed by atoms with E-state index >= 15 is 4.39 Å². The third kappa shape index (κ3) is 6.37. The first-order valence-corrected chi connectivity index (χ1v) is 12.4. The van der Waals surface area contributed by atoms with Crippen LogP contribution in [0.15, 0.2) is 66.7 Å². The van der Waals surface area contributed by atoms with E-state index in [-0.39, 0.29) is 16.7 Å². The van der Waals surface area contributed by atoms with Gasteiger partial charge >= 0.3 is 0 Å². The average molecular weight is 497 g/mol. The van der Waals surface area contributed by atoms with Crippen LogP contribution in [0.4, 0.5) is 13.2 Å². The lowest BCUT2D eigenvalue weighted by atomic mass is 9.97. The van der Waals surface area contributed by atoms with Crippen LogP contribution in [-0.2, 0) is 25.7 Å². The highest BCUT2D eigenvalue weighted by Gasteiger charge is 2.11. The van der Waals surface area contributed by atoms with Gasteiger partial charge in [0, 0.05) is 11.5 Å². The average Bonchev–Trinajstić information content (AvgIpc) is 2.85. The summed E-state index contributed by atoms with van der Waals surface area (Å²) in [6.45, 7) is 2.67. The molecule has 0 unspecified atom stereocenters. The number of rotatable bonds is 10. The van der Waals surface area contributed by atoms with Gasteiger partial charge in [0.05, 0.1) is 11.6 Å². The second-order valence-electron chi connectivity index (χ2n) is 8.80. The molecule has 4 aromatic rings. The Morgan fingerprint density at radius 3 is 2.17 bits per heavy atom. The van der Waals surface area contributed by atoms with Crippen molar-refractivity contribution in [2.24, 2.45) is 0 Å². The molecule has 0 amide bonds. The fourth-order valence-electron chi connectivity index (χ4n) is 4.14. The first-order chi connectivity index (χ1) is 16.9. The first-order valence-electron chi connectivity index (χ1n) is 12.0. The molecule has 5 heteroatoms. The Bertz CT molecular complexity index is 1320. The van der Waals surface area contributed by atoms with Gasteiger partial charge in [-0.1, -0.05) is 67.4 Å². The van der Waals surface area contributed by atoms with E-state index in [1.54, 1.807) is 24.3 Å². The molecule has 1 nitrogen and oxygen atoms in total. The molecule has 0 fully saturated rings. The van der Waals surface area contributed by atoms with Gasteiger partial charge in [-0.15, -0.1) is 0 Å². The molecule has 0 radical (unpaired) electrons. The molecule has 4 rings (SSSR count). The lowest BCUT2D eigenvalue weighted by molar-refractivity contribution is 0.307. The second kappa shape index (κ2) is 11.6. The monoisotopic (exact) mass is 496 g/mol. The van der Waals surface area contributed by atoms with Gasteiger partial charge in [-0.05, 0) is 77.9 Å². The Balaban J connectivity index is 1.41. The van der Waals surface area contributed by atoms with Crippen LogP contribution < -0.4 is 4.74 Å². The minimum absolute atomic E-state index is 0.0811. The number of benzene rings is 4. The van der Waals surface area contributed by atoms with E-state index in [1.165, 1.54) is 18.2 Å². The zero-order valence-corrected chi connectivity index (χ0v) is 20.5. The molecule has 0 saturated heterocycles. The number of halogens is 4. The molecule has 4 aromatic carbocycles. The summed E-state index contributed by atoms with van der Waals surface area (Å²) in [5.41, 5.74) is 3.01. The Labute approximate surface area is 209 Å². The molecule has 0 aliphatic rings. The van der Waals surface area contributed by atoms with Crippen molar-refractivity contribution >= 4 is 22.4 Å². The zero-order valence-electron chi connectivity index (χ0n) is 19.7. The predicted molar refractivity (Wildman–Crippen MR) is 137 cm³/mol. The Morgan fingerprint density at radius 1 is 0.714 bits per heavy atom. The topological polar surface area (TPSA) is 9.23 Å². The smallest absolute Gasteiger partial charge is 0.142 e. The van der Waals surface area contributed by atoms with Crippen LogP contribution in [0.3, 0.4) is 0 Å². The molecule has 0 spiro atoms. The second-order valence-corrected chi connectivity index (χ2v) is 9.21. The molecule has 0 aromatic heterocycles. The van der Waals surface area contributed by atoms with Crippen LogP contribution in [0.5, 0.6) is 5.75 Å². The summed E-state index contributed by atoms with van der Waals surface area (Å²) in [6.07, 6.45) is 4.14.